The van der Waals surface area contributed by atoms with Crippen LogP contribution in [-0.2, 0) is 0 Å². The molecule has 0 aliphatic heterocycles. The molecule has 0 unspecified atom stereocenters. The molecule has 84 valence electrons. The van der Waals surface area contributed by atoms with E-state index >= 15 is 0 Å². The minimum absolute atomic E-state index is 0.192. The van der Waals surface area contributed by atoms with Gasteiger partial charge in [0, 0.05) is 6.07 Å². The summed E-state index contributed by atoms with van der Waals surface area (Å²) in [5.74, 6) is 0. The predicted octanol–water partition coefficient (Wildman–Crippen LogP) is 0.994. The third-order valence-electron chi connectivity index (χ3n) is 1.65. The number of carbonyl (C=O) groups excluding carboxylic acids is 1. The van der Waals surface area contributed by atoms with E-state index in [-0.39, 0.29) is 5.69 Å². The van der Waals surface area contributed by atoms with Crippen LogP contribution in [0.1, 0.15) is 0 Å². The molecule has 0 aliphatic carbocycles. The van der Waals surface area contributed by atoms with Crippen LogP contribution in [0.25, 0.3) is 0 Å². The number of hydrogen-bond donors (Lipinski definition) is 2. The van der Waals surface area contributed by atoms with Crippen LogP contribution in [0.5, 0.6) is 0 Å². The first kappa shape index (κ1) is 11.4. The van der Waals surface area contributed by atoms with Gasteiger partial charge in [-0.3, -0.25) is 20.2 Å². The fraction of sp³-hybridized carbons (Fsp3) is 0. The number of amides is 2. The zero-order chi connectivity index (χ0) is 12.3. The number of non-ortho nitro benzene ring substituents is 1. The van der Waals surface area contributed by atoms with Crippen LogP contribution in [0.2, 0.25) is 0 Å². The van der Waals surface area contributed by atoms with Crippen molar-refractivity contribution in [3.63, 3.8) is 0 Å². The maximum Gasteiger partial charge on any atom is 0.316 e. The molecule has 0 saturated heterocycles. The van der Waals surface area contributed by atoms with Gasteiger partial charge in [-0.2, -0.15) is 0 Å². The normalized spacial score (nSPS) is 9.50. The summed E-state index contributed by atoms with van der Waals surface area (Å²) in [6.45, 7) is 0. The maximum atomic E-state index is 10.6. The van der Waals surface area contributed by atoms with Gasteiger partial charge >= 0.3 is 6.03 Å². The lowest BCUT2D eigenvalue weighted by Crippen LogP contribution is -2.20. The third kappa shape index (κ3) is 2.41. The first-order chi connectivity index (χ1) is 7.41. The minimum atomic E-state index is -0.989. The van der Waals surface area contributed by atoms with Gasteiger partial charge in [-0.15, -0.1) is 0 Å². The topological polar surface area (TPSA) is 141 Å². The maximum absolute atomic E-state index is 10.6. The molecule has 0 saturated carbocycles. The number of urea groups is 1. The van der Waals surface area contributed by atoms with Crippen LogP contribution in [0.4, 0.5) is 21.9 Å². The molecule has 9 nitrogen and oxygen atoms in total. The number of primary amides is 1. The molecule has 2 amide bonds. The highest BCUT2D eigenvalue weighted by Gasteiger charge is 2.19. The number of hydrogen-bond acceptors (Lipinski definition) is 5. The van der Waals surface area contributed by atoms with E-state index in [0.29, 0.717) is 0 Å². The van der Waals surface area contributed by atoms with Gasteiger partial charge in [-0.05, 0) is 6.07 Å². The van der Waals surface area contributed by atoms with Crippen molar-refractivity contribution in [1.82, 2.24) is 0 Å². The zero-order valence-electron chi connectivity index (χ0n) is 7.75. The van der Waals surface area contributed by atoms with Gasteiger partial charge < -0.3 is 11.1 Å². The van der Waals surface area contributed by atoms with Crippen molar-refractivity contribution in [3.8, 4) is 0 Å². The van der Waals surface area contributed by atoms with E-state index in [2.05, 4.69) is 0 Å². The molecule has 1 aromatic carbocycles. The lowest BCUT2D eigenvalue weighted by molar-refractivity contribution is -0.393. The number of nitro benzene ring substituents is 2. The van der Waals surface area contributed by atoms with E-state index in [4.69, 9.17) is 5.73 Å². The third-order valence-corrected chi connectivity index (χ3v) is 1.65. The SMILES string of the molecule is NC(=O)Nc1ccc([N+](=O)[O-])cc1[N+](=O)[O-]. The second-order valence-corrected chi connectivity index (χ2v) is 2.70. The molecule has 0 aliphatic rings. The van der Waals surface area contributed by atoms with Gasteiger partial charge in [0.05, 0.1) is 15.9 Å². The lowest BCUT2D eigenvalue weighted by atomic mass is 10.2. The van der Waals surface area contributed by atoms with E-state index in [9.17, 15) is 25.0 Å². The van der Waals surface area contributed by atoms with Crippen molar-refractivity contribution in [1.29, 1.82) is 0 Å². The number of nitrogens with two attached hydrogens (primary N) is 1. The fourth-order valence-electron chi connectivity index (χ4n) is 1.02. The first-order valence-corrected chi connectivity index (χ1v) is 3.91. The number of nitrogens with one attached hydrogen (secondary N) is 1. The van der Waals surface area contributed by atoms with Crippen LogP contribution in [0.3, 0.4) is 0 Å². The van der Waals surface area contributed by atoms with Crippen molar-refractivity contribution < 1.29 is 14.6 Å². The van der Waals surface area contributed by atoms with E-state index in [1.165, 1.54) is 0 Å². The van der Waals surface area contributed by atoms with E-state index in [1.807, 2.05) is 5.32 Å². The summed E-state index contributed by atoms with van der Waals surface area (Å²) in [5, 5.41) is 22.9. The summed E-state index contributed by atoms with van der Waals surface area (Å²) in [7, 11) is 0. The number of rotatable bonds is 3. The fourth-order valence-corrected chi connectivity index (χ4v) is 1.02. The quantitative estimate of drug-likeness (QED) is 0.583. The summed E-state index contributed by atoms with van der Waals surface area (Å²) in [6.07, 6.45) is 0. The Morgan fingerprint density at radius 3 is 2.31 bits per heavy atom. The molecule has 3 N–H and O–H groups in total. The predicted molar refractivity (Wildman–Crippen MR) is 53.0 cm³/mol. The van der Waals surface area contributed by atoms with Crippen molar-refractivity contribution >= 4 is 23.1 Å². The lowest BCUT2D eigenvalue weighted by Gasteiger charge is -2.02. The highest BCUT2D eigenvalue weighted by Crippen LogP contribution is 2.28. The molecule has 0 spiro atoms. The Kier molecular flexibility index (Phi) is 2.99. The van der Waals surface area contributed by atoms with Gasteiger partial charge in [-0.25, -0.2) is 4.79 Å². The Labute approximate surface area is 88.2 Å². The summed E-state index contributed by atoms with van der Waals surface area (Å²) in [5.41, 5.74) is 3.56. The molecule has 9 heteroatoms. The molecule has 0 radical (unpaired) electrons. The van der Waals surface area contributed by atoms with Gasteiger partial charge in [0.2, 0.25) is 0 Å². The van der Waals surface area contributed by atoms with Crippen LogP contribution in [0.15, 0.2) is 18.2 Å². The molecule has 0 atom stereocenters. The Bertz CT molecular complexity index is 472. The van der Waals surface area contributed by atoms with Crippen LogP contribution >= 0.6 is 0 Å². The highest BCUT2D eigenvalue weighted by molar-refractivity contribution is 5.90. The van der Waals surface area contributed by atoms with Gasteiger partial charge in [0.15, 0.2) is 0 Å². The number of nitro groups is 2. The monoisotopic (exact) mass is 226 g/mol. The van der Waals surface area contributed by atoms with E-state index < -0.39 is 27.3 Å². The Hall–Kier alpha value is -2.71. The van der Waals surface area contributed by atoms with Crippen LogP contribution < -0.4 is 11.1 Å². The molecule has 16 heavy (non-hydrogen) atoms. The Morgan fingerprint density at radius 2 is 1.88 bits per heavy atom. The van der Waals surface area contributed by atoms with E-state index in [0.717, 1.165) is 18.2 Å². The van der Waals surface area contributed by atoms with E-state index in [1.54, 1.807) is 0 Å². The first-order valence-electron chi connectivity index (χ1n) is 3.91. The molecule has 1 rings (SSSR count). The second-order valence-electron chi connectivity index (χ2n) is 2.70. The number of anilines is 1. The molecule has 0 bridgehead atoms. The van der Waals surface area contributed by atoms with Crippen molar-refractivity contribution in [3.05, 3.63) is 38.4 Å². The Morgan fingerprint density at radius 1 is 1.25 bits per heavy atom. The number of benzene rings is 1. The zero-order valence-corrected chi connectivity index (χ0v) is 7.75. The molecule has 1 aromatic rings. The summed E-state index contributed by atoms with van der Waals surface area (Å²) in [6, 6.07) is 1.82. The average Bonchev–Trinajstić information content (AvgIpc) is 2.16. The van der Waals surface area contributed by atoms with Gasteiger partial charge in [-0.1, -0.05) is 0 Å². The van der Waals surface area contributed by atoms with Gasteiger partial charge in [0.25, 0.3) is 11.4 Å². The molecule has 0 aromatic heterocycles. The molecule has 0 fully saturated rings. The number of nitrogens with zero attached hydrogens (tertiary/aromatic N) is 2. The van der Waals surface area contributed by atoms with Crippen molar-refractivity contribution in [2.45, 2.75) is 0 Å². The second kappa shape index (κ2) is 4.21. The summed E-state index contributed by atoms with van der Waals surface area (Å²) < 4.78 is 0. The van der Waals surface area contributed by atoms with Crippen LogP contribution in [0, 0.1) is 20.2 Å². The van der Waals surface area contributed by atoms with Crippen molar-refractivity contribution in [2.24, 2.45) is 5.73 Å². The summed E-state index contributed by atoms with van der Waals surface area (Å²) in [4.78, 5) is 29.8. The Balaban J connectivity index is 3.24. The van der Waals surface area contributed by atoms with Crippen molar-refractivity contribution in [2.75, 3.05) is 5.32 Å². The smallest absolute Gasteiger partial charge is 0.316 e. The standard InChI is InChI=1S/C7H6N4O5/c8-7(12)9-5-2-1-4(10(13)14)3-6(5)11(15)16/h1-3H,(H3,8,9,12). The molecular weight excluding hydrogens is 220 g/mol. The van der Waals surface area contributed by atoms with Crippen LogP contribution in [-0.4, -0.2) is 15.9 Å². The highest BCUT2D eigenvalue weighted by atomic mass is 16.6. The average molecular weight is 226 g/mol. The largest absolute Gasteiger partial charge is 0.351 e. The minimum Gasteiger partial charge on any atom is -0.351 e. The molecular formula is C7H6N4O5. The van der Waals surface area contributed by atoms with Gasteiger partial charge in [0.1, 0.15) is 5.69 Å². The molecule has 0 heterocycles. The number of carbonyl (C=O) groups is 1. The summed E-state index contributed by atoms with van der Waals surface area (Å²) >= 11 is 0.